The van der Waals surface area contributed by atoms with Gasteiger partial charge in [0.1, 0.15) is 30.1 Å². The number of alkyl halides is 1. The average molecular weight is 578 g/mol. The van der Waals surface area contributed by atoms with E-state index in [9.17, 15) is 18.4 Å². The van der Waals surface area contributed by atoms with Crippen LogP contribution in [-0.4, -0.2) is 51.8 Å². The third-order valence-electron chi connectivity index (χ3n) is 4.82. The van der Waals surface area contributed by atoms with Crippen LogP contribution in [0.25, 0.3) is 12.3 Å². The van der Waals surface area contributed by atoms with Crippen molar-refractivity contribution in [3.63, 3.8) is 0 Å². The van der Waals surface area contributed by atoms with Crippen molar-refractivity contribution in [2.24, 2.45) is 0 Å². The van der Waals surface area contributed by atoms with Crippen molar-refractivity contribution in [2.75, 3.05) is 44.5 Å². The minimum atomic E-state index is -1.01. The van der Waals surface area contributed by atoms with Gasteiger partial charge in [0.05, 0.1) is 13.0 Å². The van der Waals surface area contributed by atoms with Gasteiger partial charge in [-0.15, -0.1) is 6.58 Å². The first-order valence-corrected chi connectivity index (χ1v) is 13.5. The third-order valence-corrected chi connectivity index (χ3v) is 4.82. The van der Waals surface area contributed by atoms with Crippen LogP contribution in [0.3, 0.4) is 0 Å². The number of hydrogen-bond acceptors (Lipinski definition) is 6. The molecule has 1 amide bonds. The predicted molar refractivity (Wildman–Crippen MR) is 168 cm³/mol. The summed E-state index contributed by atoms with van der Waals surface area (Å²) < 4.78 is 37.4. The summed E-state index contributed by atoms with van der Waals surface area (Å²) in [5.41, 5.74) is 0.855. The minimum absolute atomic E-state index is 0.191. The molecular weight excluding hydrogens is 528 g/mol. The van der Waals surface area contributed by atoms with Crippen molar-refractivity contribution in [1.82, 2.24) is 5.32 Å². The molecule has 2 rings (SSSR count). The Bertz CT molecular complexity index is 1130. The highest BCUT2D eigenvalue weighted by Crippen LogP contribution is 2.16. The lowest BCUT2D eigenvalue weighted by molar-refractivity contribution is -0.120. The van der Waals surface area contributed by atoms with E-state index in [0.717, 1.165) is 6.54 Å². The van der Waals surface area contributed by atoms with Crippen molar-refractivity contribution in [1.29, 1.82) is 0 Å². The van der Waals surface area contributed by atoms with Gasteiger partial charge in [-0.05, 0) is 83.3 Å². The van der Waals surface area contributed by atoms with Crippen molar-refractivity contribution in [3.05, 3.63) is 65.3 Å². The van der Waals surface area contributed by atoms with E-state index in [1.54, 1.807) is 64.3 Å². The molecule has 0 atom stereocenters. The van der Waals surface area contributed by atoms with Crippen molar-refractivity contribution < 1.29 is 27.8 Å². The molecule has 0 fully saturated rings. The zero-order chi connectivity index (χ0) is 31.8. The number of methoxy groups -OCH3 is 1. The fourth-order valence-corrected chi connectivity index (χ4v) is 3.01. The summed E-state index contributed by atoms with van der Waals surface area (Å²) in [5.74, 6) is -0.427. The standard InChI is InChI=1S/C21H23FN2O4.C6H14FN.C3H6.C2H6/c1-14-12-18(28-11-10-27-3)13-19(22)21(14)15(2)23-16-4-6-17(7-5-16)24-20(26)8-9-25;1-6(2,7)4-5-8-3;1-3-2;1-2/h4-7,9,12-13,23H,1,8,10-11H2,2-3H3,(H,24,26);8H,4-5H2,1-3H3;3H,1H2,2H3;1-2H3/b21-15-;;;. The highest BCUT2D eigenvalue weighted by atomic mass is 19.1. The molecule has 2 aromatic rings. The highest BCUT2D eigenvalue weighted by molar-refractivity contribution is 5.98. The number of amides is 1. The molecule has 0 heterocycles. The Morgan fingerprint density at radius 1 is 1.07 bits per heavy atom. The van der Waals surface area contributed by atoms with Crippen molar-refractivity contribution >= 4 is 35.8 Å². The van der Waals surface area contributed by atoms with Gasteiger partial charge in [0.15, 0.2) is 0 Å². The minimum Gasteiger partial charge on any atom is -0.491 e. The molecule has 0 aliphatic rings. The molecule has 0 unspecified atom stereocenters. The first-order chi connectivity index (χ1) is 19.4. The largest absolute Gasteiger partial charge is 0.491 e. The molecule has 0 saturated heterocycles. The monoisotopic (exact) mass is 577 g/mol. The summed E-state index contributed by atoms with van der Waals surface area (Å²) in [6.45, 7) is 19.6. The number of halogens is 2. The van der Waals surface area contributed by atoms with Crippen LogP contribution in [0.1, 0.15) is 54.4 Å². The number of carbonyl (C=O) groups excluding carboxylic acids is 2. The Kier molecular flexibility index (Phi) is 22.4. The molecule has 0 aliphatic heterocycles. The van der Waals surface area contributed by atoms with Gasteiger partial charge >= 0.3 is 0 Å². The lowest BCUT2D eigenvalue weighted by Crippen LogP contribution is -2.31. The molecule has 0 bridgehead atoms. The quantitative estimate of drug-likeness (QED) is 0.132. The molecule has 7 nitrogen and oxygen atoms in total. The molecule has 0 spiro atoms. The summed E-state index contributed by atoms with van der Waals surface area (Å²) in [6, 6.07) is 9.84. The fraction of sp³-hybridized carbons (Fsp3) is 0.438. The molecule has 0 aliphatic carbocycles. The van der Waals surface area contributed by atoms with E-state index in [-0.39, 0.29) is 12.3 Å². The van der Waals surface area contributed by atoms with Gasteiger partial charge in [0.25, 0.3) is 0 Å². The predicted octanol–water partition coefficient (Wildman–Crippen LogP) is 5.59. The maximum absolute atomic E-state index is 14.6. The van der Waals surface area contributed by atoms with Crippen LogP contribution >= 0.6 is 0 Å². The second-order valence-corrected chi connectivity index (χ2v) is 9.01. The smallest absolute Gasteiger partial charge is 0.231 e. The molecule has 3 N–H and O–H groups in total. The maximum atomic E-state index is 14.6. The van der Waals surface area contributed by atoms with Crippen LogP contribution in [0, 0.1) is 5.82 Å². The summed E-state index contributed by atoms with van der Waals surface area (Å²) in [7, 11) is 3.39. The Labute approximate surface area is 244 Å². The average Bonchev–Trinajstić information content (AvgIpc) is 2.90. The van der Waals surface area contributed by atoms with Crippen LogP contribution in [0.2, 0.25) is 0 Å². The number of carbonyl (C=O) groups is 2. The van der Waals surface area contributed by atoms with Crippen LogP contribution in [0.4, 0.5) is 20.2 Å². The van der Waals surface area contributed by atoms with Crippen LogP contribution in [-0.2, 0) is 14.3 Å². The number of ether oxygens (including phenoxy) is 2. The van der Waals surface area contributed by atoms with Crippen molar-refractivity contribution in [3.8, 4) is 5.75 Å². The topological polar surface area (TPSA) is 88.7 Å². The van der Waals surface area contributed by atoms with E-state index < -0.39 is 11.5 Å². The van der Waals surface area contributed by atoms with E-state index in [0.29, 0.717) is 59.2 Å². The zero-order valence-electron chi connectivity index (χ0n) is 26.0. The lowest BCUT2D eigenvalue weighted by atomic mass is 10.1. The van der Waals surface area contributed by atoms with E-state index in [2.05, 4.69) is 29.1 Å². The van der Waals surface area contributed by atoms with E-state index in [4.69, 9.17) is 9.47 Å². The van der Waals surface area contributed by atoms with Crippen LogP contribution in [0.15, 0.2) is 49.1 Å². The Morgan fingerprint density at radius 3 is 2.02 bits per heavy atom. The van der Waals surface area contributed by atoms with E-state index >= 15 is 0 Å². The maximum Gasteiger partial charge on any atom is 0.231 e. The Morgan fingerprint density at radius 2 is 1.61 bits per heavy atom. The number of anilines is 2. The second-order valence-electron chi connectivity index (χ2n) is 9.01. The molecule has 0 aromatic heterocycles. The van der Waals surface area contributed by atoms with Crippen molar-refractivity contribution in [2.45, 2.75) is 60.1 Å². The third kappa shape index (κ3) is 19.2. The SMILES string of the molecule is C=CC.C=c1cc(OCCOC)cc(F)/c1=C(/C)Nc1ccc(NC(=O)CC=O)cc1.CC.CNCCC(C)(C)F. The van der Waals surface area contributed by atoms with Gasteiger partial charge in [0.2, 0.25) is 5.91 Å². The van der Waals surface area contributed by atoms with E-state index in [1.165, 1.54) is 6.07 Å². The molecule has 9 heteroatoms. The summed E-state index contributed by atoms with van der Waals surface area (Å²) in [4.78, 5) is 21.8. The molecule has 0 saturated carbocycles. The highest BCUT2D eigenvalue weighted by Gasteiger charge is 2.13. The van der Waals surface area contributed by atoms with Gasteiger partial charge < -0.3 is 30.2 Å². The summed E-state index contributed by atoms with van der Waals surface area (Å²) >= 11 is 0. The number of aldehydes is 1. The lowest BCUT2D eigenvalue weighted by Gasteiger charge is -2.11. The normalized spacial score (nSPS) is 10.7. The van der Waals surface area contributed by atoms with Crippen LogP contribution < -0.4 is 31.1 Å². The molecule has 41 heavy (non-hydrogen) atoms. The van der Waals surface area contributed by atoms with Gasteiger partial charge in [-0.2, -0.15) is 0 Å². The molecule has 230 valence electrons. The first-order valence-electron chi connectivity index (χ1n) is 13.5. The Balaban J connectivity index is 0. The molecular formula is C32H49F2N3O4. The molecule has 0 radical (unpaired) electrons. The van der Waals surface area contributed by atoms with Gasteiger partial charge in [-0.25, -0.2) is 8.78 Å². The number of hydrogen-bond donors (Lipinski definition) is 3. The summed E-state index contributed by atoms with van der Waals surface area (Å²) in [5, 5.41) is 9.47. The zero-order valence-corrected chi connectivity index (χ0v) is 26.0. The van der Waals surface area contributed by atoms with Gasteiger partial charge in [0, 0.05) is 35.5 Å². The fourth-order valence-electron chi connectivity index (χ4n) is 3.01. The molecule has 2 aromatic carbocycles. The number of allylic oxidation sites excluding steroid dienone is 1. The number of rotatable bonds is 12. The second kappa shape index (κ2) is 23.2. The first kappa shape index (κ1) is 39.6. The number of nitrogens with one attached hydrogen (secondary N) is 3. The van der Waals surface area contributed by atoms with Gasteiger partial charge in [-0.1, -0.05) is 26.5 Å². The number of benzene rings is 2. The van der Waals surface area contributed by atoms with Crippen LogP contribution in [0.5, 0.6) is 5.75 Å². The van der Waals surface area contributed by atoms with E-state index in [1.807, 2.05) is 27.8 Å². The van der Waals surface area contributed by atoms with Gasteiger partial charge in [-0.3, -0.25) is 4.79 Å². The Hall–Kier alpha value is -3.56. The summed E-state index contributed by atoms with van der Waals surface area (Å²) in [6.07, 6.45) is 2.69.